The van der Waals surface area contributed by atoms with Gasteiger partial charge in [-0.25, -0.2) is 0 Å². The molecule has 139 heavy (non-hydrogen) atoms. The largest absolute Gasteiger partial charge is 0.414 e. The minimum absolute atomic E-state index is 0.0214. The number of carbonyl (C=O) groups is 1. The first-order valence-corrected chi connectivity index (χ1v) is 62.7. The summed E-state index contributed by atoms with van der Waals surface area (Å²) in [4.78, 5) is 13.2. The van der Waals surface area contributed by atoms with Gasteiger partial charge in [-0.1, -0.05) is 207 Å². The smallest absolute Gasteiger partial charge is 0.192 e. The highest BCUT2D eigenvalue weighted by atomic mass is 28.4. The van der Waals surface area contributed by atoms with Crippen LogP contribution in [-0.4, -0.2) is 147 Å². The van der Waals surface area contributed by atoms with Gasteiger partial charge in [0.2, 0.25) is 0 Å². The number of aliphatic hydroxyl groups is 2. The molecule has 20 aliphatic rings. The van der Waals surface area contributed by atoms with Crippen LogP contribution in [0.1, 0.15) is 349 Å². The molecule has 18 heteroatoms. The number of ketones is 1. The van der Waals surface area contributed by atoms with Gasteiger partial charge < -0.3 is 71.2 Å². The Morgan fingerprint density at radius 3 is 1.17 bits per heavy atom. The fourth-order valence-corrected chi connectivity index (χ4v) is 39.8. The summed E-state index contributed by atoms with van der Waals surface area (Å²) in [5.74, 6) is 6.27. The second-order valence-electron chi connectivity index (χ2n) is 56.7. The summed E-state index contributed by atoms with van der Waals surface area (Å²) < 4.78 is 89.4. The Hall–Kier alpha value is -2.84. The van der Waals surface area contributed by atoms with Gasteiger partial charge in [0.25, 0.3) is 0 Å². The third kappa shape index (κ3) is 17.7. The molecule has 3 aromatic rings. The molecular formula is C121H188O16Si2. The summed E-state index contributed by atoms with van der Waals surface area (Å²) >= 11 is 0. The first-order valence-electron chi connectivity index (χ1n) is 56.9. The van der Waals surface area contributed by atoms with E-state index in [1.807, 2.05) is 19.9 Å². The van der Waals surface area contributed by atoms with Crippen molar-refractivity contribution in [2.24, 2.45) is 138 Å². The molecule has 0 amide bonds. The number of Topliss-reactive ketones (excluding diaryl/α,β-unsaturated/α-hetero) is 1. The van der Waals surface area contributed by atoms with E-state index in [2.05, 4.69) is 250 Å². The molecule has 2 N–H and O–H groups in total. The van der Waals surface area contributed by atoms with Gasteiger partial charge in [0.15, 0.2) is 39.8 Å². The van der Waals surface area contributed by atoms with E-state index in [1.54, 1.807) is 0 Å². The van der Waals surface area contributed by atoms with Crippen LogP contribution >= 0.6 is 0 Å². The van der Waals surface area contributed by atoms with Crippen molar-refractivity contribution < 1.29 is 76.0 Å². The predicted molar refractivity (Wildman–Crippen MR) is 551 cm³/mol. The van der Waals surface area contributed by atoms with Crippen LogP contribution in [0.2, 0.25) is 36.3 Å². The number of hydrogen-bond donors (Lipinski definition) is 2. The van der Waals surface area contributed by atoms with Gasteiger partial charge in [-0.3, -0.25) is 4.79 Å². The highest BCUT2D eigenvalue weighted by Crippen LogP contribution is 2.76. The van der Waals surface area contributed by atoms with Gasteiger partial charge in [-0.2, -0.15) is 0 Å². The molecule has 0 bridgehead atoms. The standard InChI is InChI=1S/C41H70O5Si2.C29H42O5.C29H42O3.C22H34O3/c1-37(2,3)47(11,12)45-28-24-31-35-36(44-39(7,8)43-35)34-29-20-21-32(46-48(13,14)38(4,5)6)40(29,9)23-22-30(34)41(31,10)33(25-28)42-26-27-18-16-15-17-19-27;1-27(2)33-25-21-14-18(30)15-23(32-16-17-8-6-5-7-9-17)29(21,4)20-12-13-28(3)19(10-11-22(28)31)24(20)26(25)34-27;1-27(2)31-25-22-12-8-14-23(30-18-19-10-6-5-7-11-19)29(22,4)21-15-17-28(3)16-9-13-20(28)24(21)26(25)32-27;1-20(2)24-18-15-7-5-9-16(23)22(15,4)14-10-12-21(3)11-6-8-13(21)17(14)19(18)25-20/h15-19,28-36H,20-26H2,1-14H3;5-9,18-26,30-31H,10-16H2,1-4H3;5-7,10-11,20-26H,8-9,12-18H2,1-4H3;13-15,17-19H,5-12H2,1-4H3/t28-,29?,30?,31?,32+,33+,34?,35-,36-,40+,41-;18-,19?,20?,21?,22+,23+,24?,25-,26-,28+,29-;20?,21?,22?,23-,24?,25+,26+,28-,29+;13?,14?,15?,17?,18-,19-,21+,22-/m1101/s1. The quantitative estimate of drug-likeness (QED) is 0.154. The molecule has 0 aromatic heterocycles. The zero-order valence-electron chi connectivity index (χ0n) is 91.1. The second-order valence-corrected chi connectivity index (χ2v) is 66.2. The monoisotopic (exact) mass is 1950 g/mol. The summed E-state index contributed by atoms with van der Waals surface area (Å²) in [6.07, 6.45) is 33.5. The number of aliphatic hydroxyl groups excluding tert-OH is 2. The molecule has 16 unspecified atom stereocenters. The van der Waals surface area contributed by atoms with Crippen molar-refractivity contribution >= 4 is 22.4 Å². The van der Waals surface area contributed by atoms with Crippen LogP contribution in [-0.2, 0) is 85.6 Å². The Bertz CT molecular complexity index is 4800. The lowest BCUT2D eigenvalue weighted by Gasteiger charge is -2.65. The lowest BCUT2D eigenvalue weighted by molar-refractivity contribution is -0.240. The summed E-state index contributed by atoms with van der Waals surface area (Å²) in [5.41, 5.74) is 4.64. The van der Waals surface area contributed by atoms with Gasteiger partial charge in [0.05, 0.1) is 105 Å². The Balaban J connectivity index is 0.000000117. The lowest BCUT2D eigenvalue weighted by Crippen LogP contribution is -2.68. The molecule has 3 aromatic carbocycles. The predicted octanol–water partition coefficient (Wildman–Crippen LogP) is 26.9. The van der Waals surface area contributed by atoms with Crippen LogP contribution in [0, 0.1) is 138 Å². The van der Waals surface area contributed by atoms with E-state index in [1.165, 1.54) is 119 Å². The number of rotatable bonds is 13. The van der Waals surface area contributed by atoms with E-state index in [0.717, 1.165) is 83.2 Å². The Kier molecular flexibility index (Phi) is 27.3. The molecular weight excluding hydrogens is 1770 g/mol. The number of hydrogen-bond acceptors (Lipinski definition) is 16. The molecule has 16 nitrogen and oxygen atoms in total. The first-order chi connectivity index (χ1) is 65.2. The Morgan fingerprint density at radius 2 is 0.691 bits per heavy atom. The molecule has 4 saturated heterocycles. The molecule has 4 heterocycles. The van der Waals surface area contributed by atoms with Crippen molar-refractivity contribution in [3.63, 3.8) is 0 Å². The zero-order chi connectivity index (χ0) is 98.9. The molecule has 776 valence electrons. The topological polar surface area (TPSA) is 178 Å². The summed E-state index contributed by atoms with van der Waals surface area (Å²) in [5, 5.41) is 22.3. The number of ether oxygens (including phenoxy) is 11. The van der Waals surface area contributed by atoms with Gasteiger partial charge in [-0.05, 0) is 366 Å². The molecule has 39 atom stereocenters. The average molecular weight is 1950 g/mol. The van der Waals surface area contributed by atoms with E-state index in [0.29, 0.717) is 131 Å². The summed E-state index contributed by atoms with van der Waals surface area (Å²) in [6, 6.07) is 31.9. The Morgan fingerprint density at radius 1 is 0.324 bits per heavy atom. The molecule has 20 fully saturated rings. The summed E-state index contributed by atoms with van der Waals surface area (Å²) in [7, 11) is -3.90. The van der Waals surface area contributed by atoms with Crippen molar-refractivity contribution in [3.8, 4) is 0 Å². The first kappa shape index (κ1) is 103. The molecule has 0 radical (unpaired) electrons. The highest BCUT2D eigenvalue weighted by molar-refractivity contribution is 6.74. The van der Waals surface area contributed by atoms with Gasteiger partial charge in [0.1, 0.15) is 5.78 Å². The molecule has 0 spiro atoms. The van der Waals surface area contributed by atoms with Gasteiger partial charge in [0, 0.05) is 46.5 Å². The average Bonchev–Trinajstić information content (AvgIpc) is 1.57. The van der Waals surface area contributed by atoms with Crippen LogP contribution in [0.15, 0.2) is 91.0 Å². The highest BCUT2D eigenvalue weighted by Gasteiger charge is 2.77. The van der Waals surface area contributed by atoms with Crippen molar-refractivity contribution in [3.05, 3.63) is 108 Å². The summed E-state index contributed by atoms with van der Waals surface area (Å²) in [6.45, 7) is 62.5. The minimum atomic E-state index is -1.99. The van der Waals surface area contributed by atoms with Gasteiger partial charge in [-0.15, -0.1) is 0 Å². The van der Waals surface area contributed by atoms with Gasteiger partial charge >= 0.3 is 0 Å². The molecule has 23 rings (SSSR count). The zero-order valence-corrected chi connectivity index (χ0v) is 93.1. The van der Waals surface area contributed by atoms with E-state index in [9.17, 15) is 15.0 Å². The van der Waals surface area contributed by atoms with E-state index in [-0.39, 0.29) is 128 Å². The van der Waals surface area contributed by atoms with Crippen LogP contribution in [0.25, 0.3) is 0 Å². The number of fused-ring (bicyclic) bond motifs is 32. The fourth-order valence-electron chi connectivity index (χ4n) is 37.0. The maximum absolute atomic E-state index is 13.2. The maximum atomic E-state index is 13.2. The van der Waals surface area contributed by atoms with Crippen LogP contribution in [0.3, 0.4) is 0 Å². The fraction of sp³-hybridized carbons (Fsp3) is 0.843. The maximum Gasteiger partial charge on any atom is 0.192 e. The number of carbonyl (C=O) groups excluding carboxylic acids is 1. The molecule has 4 aliphatic heterocycles. The number of benzene rings is 3. The third-order valence-electron chi connectivity index (χ3n) is 45.8. The van der Waals surface area contributed by atoms with Crippen molar-refractivity contribution in [2.45, 2.75) is 503 Å². The van der Waals surface area contributed by atoms with E-state index >= 15 is 0 Å². The van der Waals surface area contributed by atoms with E-state index in [4.69, 9.17) is 61.0 Å². The van der Waals surface area contributed by atoms with Crippen LogP contribution < -0.4 is 0 Å². The lowest BCUT2D eigenvalue weighted by atomic mass is 9.43. The Labute approximate surface area is 841 Å². The molecule has 16 aliphatic carbocycles. The van der Waals surface area contributed by atoms with Crippen molar-refractivity contribution in [1.82, 2.24) is 0 Å². The SMILES string of the molecule is CC1(C)O[C@@H]2C3C(CC[C@@]4(C)C3CC[C@@H]4O)[C@]3(C)C(C[C@@H](O)C[C@@H]3OCc3ccccc3)[C@H]2O1.CC1(C)O[C@@H]2C3C(CC[C@@]4(C)C3CC[C@@H]4O[Si](C)(C)C(C)(C)C)[C@]3(C)C(C[C@@H](O[Si](C)(C)C(C)(C)C)C[C@@H]3OCc3ccccc3)[C@H]2O1.CC1(C)O[C@@H]2C3C4CCC[C@@]4(C)CCC3[C@@]3(C)C(=O)CCCC3[C@H]2O1.CC1(C)O[C@@H]2C3C4CCC[C@@]4(C)CCC3[C@]3(C)C(CCC[C@@H]3OCc3ccccc3)[C@H]2O1. The van der Waals surface area contributed by atoms with Crippen LogP contribution in [0.5, 0.6) is 0 Å². The van der Waals surface area contributed by atoms with Crippen molar-refractivity contribution in [1.29, 1.82) is 0 Å². The van der Waals surface area contributed by atoms with Crippen LogP contribution in [0.4, 0.5) is 0 Å². The third-order valence-corrected chi connectivity index (χ3v) is 54.9. The van der Waals surface area contributed by atoms with Crippen molar-refractivity contribution in [2.75, 3.05) is 0 Å². The molecule has 16 saturated carbocycles. The normalized spacial score (nSPS) is 48.3. The second kappa shape index (κ2) is 36.8. The minimum Gasteiger partial charge on any atom is -0.414 e. The van der Waals surface area contributed by atoms with E-state index < -0.39 is 39.8 Å².